The molecule has 0 saturated carbocycles. The summed E-state index contributed by atoms with van der Waals surface area (Å²) in [5.41, 5.74) is -1.76. The summed E-state index contributed by atoms with van der Waals surface area (Å²) in [7, 11) is 0. The first-order chi connectivity index (χ1) is 18.1. The molecule has 3 aliphatic heterocycles. The van der Waals surface area contributed by atoms with Gasteiger partial charge < -0.3 is 24.5 Å². The Morgan fingerprint density at radius 2 is 1.82 bits per heavy atom. The van der Waals surface area contributed by atoms with Crippen LogP contribution < -0.4 is 0 Å². The Kier molecular flexibility index (Phi) is 9.50. The van der Waals surface area contributed by atoms with E-state index in [1.54, 1.807) is 28.9 Å². The summed E-state index contributed by atoms with van der Waals surface area (Å²) >= 11 is 3.74. The average Bonchev–Trinajstić information content (AvgIpc) is 3.42. The molecule has 3 saturated heterocycles. The highest BCUT2D eigenvalue weighted by Gasteiger charge is 2.77. The van der Waals surface area contributed by atoms with Crippen LogP contribution in [0.2, 0.25) is 0 Å². The number of aliphatic hydroxyl groups is 1. The van der Waals surface area contributed by atoms with Crippen LogP contribution in [-0.2, 0) is 19.1 Å². The number of carbonyl (C=O) groups excluding carboxylic acids is 3. The number of nitrogens with zero attached hydrogens (tertiary/aromatic N) is 3. The molecular formula is C30H48BrN3O5. The standard InChI is InChI=1S/C30H48BrN3O5/c1-10-13-32(14-11-2)25(36)21-22-26(37)34(19(4)17-35)24(30(22)16-20(31)23(21)39-30)27(38)33(15-12-3)29(8,9)18-28(5,6)7/h10,12,19-24,35H,1,3,11,13-18H2,2,4-9H3/t19-,20?,21-,22+,23-,24?,30?/m1/s1. The highest BCUT2D eigenvalue weighted by molar-refractivity contribution is 9.09. The summed E-state index contributed by atoms with van der Waals surface area (Å²) in [6.45, 7) is 22.9. The molecule has 7 atom stereocenters. The number of rotatable bonds is 12. The molecule has 0 aromatic carbocycles. The van der Waals surface area contributed by atoms with Crippen molar-refractivity contribution in [2.24, 2.45) is 17.3 Å². The smallest absolute Gasteiger partial charge is 0.249 e. The Bertz CT molecular complexity index is 978. The lowest BCUT2D eigenvalue weighted by Crippen LogP contribution is -2.62. The van der Waals surface area contributed by atoms with E-state index < -0.39 is 41.2 Å². The first-order valence-electron chi connectivity index (χ1n) is 14.2. The average molecular weight is 611 g/mol. The van der Waals surface area contributed by atoms with E-state index in [1.165, 1.54) is 4.90 Å². The summed E-state index contributed by atoms with van der Waals surface area (Å²) < 4.78 is 6.67. The molecule has 3 unspecified atom stereocenters. The molecule has 0 radical (unpaired) electrons. The van der Waals surface area contributed by atoms with E-state index in [2.05, 4.69) is 49.9 Å². The zero-order valence-corrected chi connectivity index (χ0v) is 26.4. The SMILES string of the molecule is C=CCN(CCC)C(=O)[C@H]1[C@@H]2OC3(CC2Br)C(C(=O)N(CC=C)C(C)(C)CC(C)(C)C)N([C@H](C)CO)C(=O)[C@H]13. The van der Waals surface area contributed by atoms with Gasteiger partial charge in [0.2, 0.25) is 17.7 Å². The van der Waals surface area contributed by atoms with Crippen LogP contribution in [0.1, 0.15) is 67.7 Å². The molecule has 3 fully saturated rings. The van der Waals surface area contributed by atoms with Gasteiger partial charge in [-0.2, -0.15) is 0 Å². The quantitative estimate of drug-likeness (QED) is 0.269. The highest BCUT2D eigenvalue weighted by Crippen LogP contribution is 2.61. The van der Waals surface area contributed by atoms with Gasteiger partial charge in [-0.3, -0.25) is 14.4 Å². The zero-order chi connectivity index (χ0) is 29.5. The van der Waals surface area contributed by atoms with E-state index in [4.69, 9.17) is 4.74 Å². The molecule has 3 rings (SSSR count). The Morgan fingerprint density at radius 3 is 2.33 bits per heavy atom. The van der Waals surface area contributed by atoms with Crippen LogP contribution in [0.25, 0.3) is 0 Å². The molecular weight excluding hydrogens is 562 g/mol. The molecule has 1 spiro atoms. The fourth-order valence-electron chi connectivity index (χ4n) is 7.42. The maximum atomic E-state index is 14.7. The van der Waals surface area contributed by atoms with Gasteiger partial charge in [-0.05, 0) is 45.4 Å². The minimum absolute atomic E-state index is 0.0533. The van der Waals surface area contributed by atoms with Gasteiger partial charge >= 0.3 is 0 Å². The van der Waals surface area contributed by atoms with Crippen LogP contribution in [-0.4, -0.2) is 97.9 Å². The number of alkyl halides is 1. The van der Waals surface area contributed by atoms with Gasteiger partial charge in [-0.1, -0.05) is 55.8 Å². The number of carbonyl (C=O) groups is 3. The van der Waals surface area contributed by atoms with Crippen molar-refractivity contribution < 1.29 is 24.2 Å². The lowest BCUT2D eigenvalue weighted by atomic mass is 9.70. The van der Waals surface area contributed by atoms with Crippen molar-refractivity contribution in [2.75, 3.05) is 26.2 Å². The second kappa shape index (κ2) is 11.6. The molecule has 1 N–H and O–H groups in total. The number of hydrogen-bond donors (Lipinski definition) is 1. The van der Waals surface area contributed by atoms with Crippen LogP contribution in [0.5, 0.6) is 0 Å². The third-order valence-corrected chi connectivity index (χ3v) is 9.26. The van der Waals surface area contributed by atoms with Crippen molar-refractivity contribution in [1.82, 2.24) is 14.7 Å². The molecule has 2 bridgehead atoms. The van der Waals surface area contributed by atoms with Gasteiger partial charge in [0.05, 0.1) is 30.6 Å². The lowest BCUT2D eigenvalue weighted by molar-refractivity contribution is -0.155. The van der Waals surface area contributed by atoms with Crippen LogP contribution in [0.15, 0.2) is 25.3 Å². The van der Waals surface area contributed by atoms with Gasteiger partial charge in [0.1, 0.15) is 11.6 Å². The molecule has 9 heteroatoms. The molecule has 0 aromatic heterocycles. The number of aliphatic hydroxyl groups excluding tert-OH is 1. The fourth-order valence-corrected chi connectivity index (χ4v) is 8.37. The van der Waals surface area contributed by atoms with Crippen molar-refractivity contribution >= 4 is 33.7 Å². The van der Waals surface area contributed by atoms with Gasteiger partial charge in [-0.15, -0.1) is 13.2 Å². The second-order valence-electron chi connectivity index (χ2n) is 13.3. The molecule has 3 aliphatic rings. The maximum absolute atomic E-state index is 14.7. The van der Waals surface area contributed by atoms with Gasteiger partial charge in [0.25, 0.3) is 0 Å². The van der Waals surface area contributed by atoms with Gasteiger partial charge in [0, 0.05) is 30.0 Å². The predicted molar refractivity (Wildman–Crippen MR) is 156 cm³/mol. The lowest BCUT2D eigenvalue weighted by Gasteiger charge is -2.46. The molecule has 8 nitrogen and oxygen atoms in total. The number of fused-ring (bicyclic) bond motifs is 1. The number of halogens is 1. The number of amides is 3. The van der Waals surface area contributed by atoms with Crippen molar-refractivity contribution in [3.05, 3.63) is 25.3 Å². The molecule has 220 valence electrons. The van der Waals surface area contributed by atoms with E-state index >= 15 is 0 Å². The second-order valence-corrected chi connectivity index (χ2v) is 14.5. The van der Waals surface area contributed by atoms with E-state index in [0.29, 0.717) is 26.1 Å². The van der Waals surface area contributed by atoms with Crippen molar-refractivity contribution in [3.63, 3.8) is 0 Å². The number of hydrogen-bond acceptors (Lipinski definition) is 5. The van der Waals surface area contributed by atoms with Crippen molar-refractivity contribution in [1.29, 1.82) is 0 Å². The topological polar surface area (TPSA) is 90.4 Å². The van der Waals surface area contributed by atoms with Crippen LogP contribution in [0.3, 0.4) is 0 Å². The Balaban J connectivity index is 2.13. The molecule has 39 heavy (non-hydrogen) atoms. The predicted octanol–water partition coefficient (Wildman–Crippen LogP) is 3.77. The zero-order valence-electron chi connectivity index (χ0n) is 24.8. The molecule has 0 aromatic rings. The number of ether oxygens (including phenoxy) is 1. The summed E-state index contributed by atoms with van der Waals surface area (Å²) in [5, 5.41) is 10.2. The maximum Gasteiger partial charge on any atom is 0.249 e. The van der Waals surface area contributed by atoms with E-state index in [0.717, 1.165) is 12.8 Å². The minimum atomic E-state index is -1.17. The Labute approximate surface area is 242 Å². The van der Waals surface area contributed by atoms with Crippen LogP contribution in [0.4, 0.5) is 0 Å². The number of likely N-dealkylation sites (tertiary alicyclic amines) is 1. The first-order valence-corrected chi connectivity index (χ1v) is 15.1. The van der Waals surface area contributed by atoms with E-state index in [9.17, 15) is 19.5 Å². The third kappa shape index (κ3) is 5.60. The normalized spacial score (nSPS) is 30.7. The molecule has 3 amide bonds. The van der Waals surface area contributed by atoms with Crippen molar-refractivity contribution in [3.8, 4) is 0 Å². The monoisotopic (exact) mass is 609 g/mol. The van der Waals surface area contributed by atoms with Gasteiger partial charge in [0.15, 0.2) is 0 Å². The first kappa shape index (κ1) is 31.8. The van der Waals surface area contributed by atoms with Crippen LogP contribution >= 0.6 is 15.9 Å². The summed E-state index contributed by atoms with van der Waals surface area (Å²) in [5.74, 6) is -2.19. The summed E-state index contributed by atoms with van der Waals surface area (Å²) in [6, 6.07) is -1.58. The fraction of sp³-hybridized carbons (Fsp3) is 0.767. The van der Waals surface area contributed by atoms with Crippen LogP contribution in [0, 0.1) is 17.3 Å². The summed E-state index contributed by atoms with van der Waals surface area (Å²) in [4.78, 5) is 47.8. The van der Waals surface area contributed by atoms with E-state index in [1.807, 2.05) is 20.8 Å². The minimum Gasteiger partial charge on any atom is -0.394 e. The third-order valence-electron chi connectivity index (χ3n) is 8.41. The van der Waals surface area contributed by atoms with E-state index in [-0.39, 0.29) is 34.6 Å². The largest absolute Gasteiger partial charge is 0.394 e. The summed E-state index contributed by atoms with van der Waals surface area (Å²) in [6.07, 6.45) is 4.81. The Morgan fingerprint density at radius 1 is 1.21 bits per heavy atom. The van der Waals surface area contributed by atoms with Gasteiger partial charge in [-0.25, -0.2) is 0 Å². The molecule has 0 aliphatic carbocycles. The highest BCUT2D eigenvalue weighted by atomic mass is 79.9. The van der Waals surface area contributed by atoms with Crippen molar-refractivity contribution in [2.45, 2.75) is 102 Å². The Hall–Kier alpha value is -1.71. The molecule has 3 heterocycles.